The van der Waals surface area contributed by atoms with Crippen molar-refractivity contribution in [2.45, 2.75) is 50.5 Å². The van der Waals surface area contributed by atoms with Crippen molar-refractivity contribution in [2.75, 3.05) is 11.9 Å². The number of carbonyl (C=O) groups is 1. The molecule has 0 unspecified atom stereocenters. The van der Waals surface area contributed by atoms with Crippen LogP contribution in [0, 0.1) is 13.8 Å². The standard InChI is InChI=1S/C20H24N4O3S/c1-13-11-18(14(2)24(13)16-8-9-16)20(25)22-15-5-3-6-17(12-15)28(26,27)23-19-7-4-10-21-19/h3,5-6,11-12,16H,4,7-10H2,1-2H3,(H,21,23)(H,22,25). The zero-order valence-corrected chi connectivity index (χ0v) is 16.8. The first-order valence-electron chi connectivity index (χ1n) is 9.51. The van der Waals surface area contributed by atoms with Gasteiger partial charge in [-0.1, -0.05) is 6.07 Å². The second kappa shape index (κ2) is 7.09. The van der Waals surface area contributed by atoms with Crippen molar-refractivity contribution >= 4 is 27.5 Å². The number of aromatic nitrogens is 1. The fourth-order valence-electron chi connectivity index (χ4n) is 3.68. The summed E-state index contributed by atoms with van der Waals surface area (Å²) < 4.78 is 29.9. The summed E-state index contributed by atoms with van der Waals surface area (Å²) in [6, 6.07) is 8.67. The third-order valence-corrected chi connectivity index (χ3v) is 6.55. The number of aliphatic imine (C=N–C) groups is 1. The van der Waals surface area contributed by atoms with Gasteiger partial charge in [-0.25, -0.2) is 8.42 Å². The quantitative estimate of drug-likeness (QED) is 0.807. The summed E-state index contributed by atoms with van der Waals surface area (Å²) in [6.45, 7) is 4.60. The van der Waals surface area contributed by atoms with Gasteiger partial charge in [0.25, 0.3) is 15.9 Å². The van der Waals surface area contributed by atoms with Crippen LogP contribution in [0.5, 0.6) is 0 Å². The van der Waals surface area contributed by atoms with Crippen LogP contribution in [-0.2, 0) is 10.0 Å². The lowest BCUT2D eigenvalue weighted by molar-refractivity contribution is 0.102. The molecular formula is C20H24N4O3S. The summed E-state index contributed by atoms with van der Waals surface area (Å²) in [5.74, 6) is 0.254. The molecule has 1 aliphatic heterocycles. The van der Waals surface area contributed by atoms with Crippen LogP contribution in [0.15, 0.2) is 40.2 Å². The second-order valence-electron chi connectivity index (χ2n) is 7.41. The molecule has 1 saturated carbocycles. The van der Waals surface area contributed by atoms with Crippen LogP contribution in [0.3, 0.4) is 0 Å². The molecule has 2 aromatic rings. The van der Waals surface area contributed by atoms with E-state index in [2.05, 4.69) is 19.6 Å². The van der Waals surface area contributed by atoms with Gasteiger partial charge in [0.1, 0.15) is 5.84 Å². The van der Waals surface area contributed by atoms with Crippen molar-refractivity contribution in [1.82, 2.24) is 9.29 Å². The minimum atomic E-state index is -3.72. The molecule has 0 radical (unpaired) electrons. The monoisotopic (exact) mass is 400 g/mol. The van der Waals surface area contributed by atoms with Crippen LogP contribution in [0.1, 0.15) is 53.5 Å². The van der Waals surface area contributed by atoms with Gasteiger partial charge < -0.3 is 9.88 Å². The van der Waals surface area contributed by atoms with E-state index in [1.807, 2.05) is 19.9 Å². The summed E-state index contributed by atoms with van der Waals surface area (Å²) in [5.41, 5.74) is 3.08. The maximum atomic E-state index is 12.8. The molecule has 1 aromatic heterocycles. The van der Waals surface area contributed by atoms with Crippen molar-refractivity contribution in [2.24, 2.45) is 4.99 Å². The molecule has 2 aliphatic rings. The Morgan fingerprint density at radius 3 is 2.68 bits per heavy atom. The number of benzene rings is 1. The molecule has 0 bridgehead atoms. The Hall–Kier alpha value is -2.61. The van der Waals surface area contributed by atoms with Crippen LogP contribution >= 0.6 is 0 Å². The lowest BCUT2D eigenvalue weighted by atomic mass is 10.2. The molecule has 1 aromatic carbocycles. The van der Waals surface area contributed by atoms with Gasteiger partial charge >= 0.3 is 0 Å². The van der Waals surface area contributed by atoms with E-state index >= 15 is 0 Å². The largest absolute Gasteiger partial charge is 0.345 e. The fourth-order valence-corrected chi connectivity index (χ4v) is 4.81. The van der Waals surface area contributed by atoms with Crippen molar-refractivity contribution in [3.8, 4) is 0 Å². The normalized spacial score (nSPS) is 16.7. The van der Waals surface area contributed by atoms with Crippen LogP contribution in [0.4, 0.5) is 5.69 Å². The summed E-state index contributed by atoms with van der Waals surface area (Å²) in [5, 5.41) is 2.83. The van der Waals surface area contributed by atoms with Crippen LogP contribution in [0.2, 0.25) is 0 Å². The molecule has 0 saturated heterocycles. The molecule has 2 heterocycles. The van der Waals surface area contributed by atoms with Gasteiger partial charge in [0.05, 0.1) is 10.5 Å². The van der Waals surface area contributed by atoms with E-state index in [9.17, 15) is 13.2 Å². The number of rotatable bonds is 5. The lowest BCUT2D eigenvalue weighted by Gasteiger charge is -2.11. The van der Waals surface area contributed by atoms with Crippen LogP contribution in [-0.4, -0.2) is 31.3 Å². The molecule has 8 heteroatoms. The third-order valence-electron chi connectivity index (χ3n) is 5.17. The molecule has 0 spiro atoms. The van der Waals surface area contributed by atoms with Crippen LogP contribution < -0.4 is 10.0 Å². The highest BCUT2D eigenvalue weighted by molar-refractivity contribution is 7.90. The van der Waals surface area contributed by atoms with Gasteiger partial charge in [-0.2, -0.15) is 0 Å². The van der Waals surface area contributed by atoms with E-state index in [0.717, 1.165) is 30.7 Å². The lowest BCUT2D eigenvalue weighted by Crippen LogP contribution is -2.29. The predicted molar refractivity (Wildman–Crippen MR) is 108 cm³/mol. The molecule has 2 N–H and O–H groups in total. The Morgan fingerprint density at radius 2 is 2.00 bits per heavy atom. The van der Waals surface area contributed by atoms with Gasteiger partial charge in [0, 0.05) is 36.1 Å². The Bertz CT molecular complexity index is 1070. The summed E-state index contributed by atoms with van der Waals surface area (Å²) in [6.07, 6.45) is 3.78. The number of aryl methyl sites for hydroxylation is 1. The number of nitrogens with zero attached hydrogens (tertiary/aromatic N) is 2. The molecule has 0 atom stereocenters. The minimum Gasteiger partial charge on any atom is -0.345 e. The number of anilines is 1. The topological polar surface area (TPSA) is 92.6 Å². The SMILES string of the molecule is Cc1cc(C(=O)Nc2cccc(S(=O)(=O)NC3=NCCC3)c2)c(C)n1C1CC1. The maximum absolute atomic E-state index is 12.8. The highest BCUT2D eigenvalue weighted by Crippen LogP contribution is 2.38. The van der Waals surface area contributed by atoms with Crippen LogP contribution in [0.25, 0.3) is 0 Å². The molecule has 1 fully saturated rings. The second-order valence-corrected chi connectivity index (χ2v) is 9.09. The van der Waals surface area contributed by atoms with Gasteiger partial charge in [-0.05, 0) is 57.4 Å². The Labute approximate surface area is 164 Å². The number of hydrogen-bond acceptors (Lipinski definition) is 4. The number of carbonyl (C=O) groups excluding carboxylic acids is 1. The number of amides is 1. The first-order chi connectivity index (χ1) is 13.3. The summed E-state index contributed by atoms with van der Waals surface area (Å²) in [4.78, 5) is 17.0. The van der Waals surface area contributed by atoms with E-state index in [4.69, 9.17) is 0 Å². The maximum Gasteiger partial charge on any atom is 0.262 e. The minimum absolute atomic E-state index is 0.100. The Balaban J connectivity index is 1.53. The summed E-state index contributed by atoms with van der Waals surface area (Å²) >= 11 is 0. The van der Waals surface area contributed by atoms with Gasteiger partial charge in [-0.15, -0.1) is 0 Å². The van der Waals surface area contributed by atoms with Crippen molar-refractivity contribution < 1.29 is 13.2 Å². The number of amidine groups is 1. The zero-order chi connectivity index (χ0) is 19.9. The van der Waals surface area contributed by atoms with Gasteiger partial charge in [0.15, 0.2) is 0 Å². The predicted octanol–water partition coefficient (Wildman–Crippen LogP) is 3.16. The molecule has 1 aliphatic carbocycles. The van der Waals surface area contributed by atoms with E-state index in [1.165, 1.54) is 12.1 Å². The van der Waals surface area contributed by atoms with Gasteiger partial charge in [0.2, 0.25) is 0 Å². The highest BCUT2D eigenvalue weighted by Gasteiger charge is 2.28. The van der Waals surface area contributed by atoms with E-state index in [-0.39, 0.29) is 10.8 Å². The van der Waals surface area contributed by atoms with Crippen molar-refractivity contribution in [3.05, 3.63) is 47.3 Å². The van der Waals surface area contributed by atoms with Gasteiger partial charge in [-0.3, -0.25) is 14.5 Å². The molecule has 28 heavy (non-hydrogen) atoms. The fraction of sp³-hybridized carbons (Fsp3) is 0.400. The first-order valence-corrected chi connectivity index (χ1v) is 11.0. The average Bonchev–Trinajstić information content (AvgIpc) is 3.26. The highest BCUT2D eigenvalue weighted by atomic mass is 32.2. The van der Waals surface area contributed by atoms with Crippen molar-refractivity contribution in [1.29, 1.82) is 0 Å². The van der Waals surface area contributed by atoms with E-state index < -0.39 is 10.0 Å². The Morgan fingerprint density at radius 1 is 1.21 bits per heavy atom. The number of sulfonamides is 1. The first kappa shape index (κ1) is 18.7. The zero-order valence-electron chi connectivity index (χ0n) is 16.0. The number of hydrogen-bond donors (Lipinski definition) is 2. The smallest absolute Gasteiger partial charge is 0.262 e. The van der Waals surface area contributed by atoms with E-state index in [0.29, 0.717) is 36.1 Å². The molecule has 148 valence electrons. The average molecular weight is 401 g/mol. The third kappa shape index (κ3) is 3.69. The number of nitrogens with one attached hydrogen (secondary N) is 2. The molecule has 1 amide bonds. The van der Waals surface area contributed by atoms with Crippen molar-refractivity contribution in [3.63, 3.8) is 0 Å². The molecule has 4 rings (SSSR count). The Kier molecular flexibility index (Phi) is 4.74. The summed E-state index contributed by atoms with van der Waals surface area (Å²) in [7, 11) is -3.72. The molecule has 7 nitrogen and oxygen atoms in total. The van der Waals surface area contributed by atoms with E-state index in [1.54, 1.807) is 12.1 Å². The molecular weight excluding hydrogens is 376 g/mol.